The molecule has 0 radical (unpaired) electrons. The summed E-state index contributed by atoms with van der Waals surface area (Å²) in [6.07, 6.45) is 2.06. The van der Waals surface area contributed by atoms with Gasteiger partial charge in [-0.15, -0.1) is 5.10 Å². The molecule has 214 valence electrons. The number of aryl methyl sites for hydroxylation is 1. The number of aliphatic hydroxyl groups is 1. The van der Waals surface area contributed by atoms with Gasteiger partial charge in [0, 0.05) is 43.3 Å². The monoisotopic (exact) mass is 570 g/mol. The maximum atomic E-state index is 12.5. The molecule has 3 atom stereocenters. The summed E-state index contributed by atoms with van der Waals surface area (Å²) in [7, 11) is 1.79. The quantitative estimate of drug-likeness (QED) is 0.104. The number of hydrogen-bond acceptors (Lipinski definition) is 10. The molecule has 1 fully saturated rings. The molecule has 12 nitrogen and oxygen atoms in total. The van der Waals surface area contributed by atoms with Crippen LogP contribution in [0.3, 0.4) is 0 Å². The van der Waals surface area contributed by atoms with Crippen LogP contribution < -0.4 is 10.8 Å². The third-order valence-electron chi connectivity index (χ3n) is 6.47. The van der Waals surface area contributed by atoms with Crippen LogP contribution in [0.2, 0.25) is 0 Å². The first-order valence-electron chi connectivity index (χ1n) is 13.1. The smallest absolute Gasteiger partial charge is 0.243 e. The van der Waals surface area contributed by atoms with Gasteiger partial charge in [-0.2, -0.15) is 0 Å². The molecule has 0 saturated carbocycles. The van der Waals surface area contributed by atoms with Crippen molar-refractivity contribution < 1.29 is 29.4 Å². The second-order valence-corrected chi connectivity index (χ2v) is 10.5. The lowest BCUT2D eigenvalue weighted by Gasteiger charge is -2.36. The molecule has 2 amide bonds. The molecule has 0 unspecified atom stereocenters. The fraction of sp³-hybridized carbons (Fsp3) is 0.444. The number of nitrogens with zero attached hydrogens (tertiary/aromatic N) is 4. The Morgan fingerprint density at radius 3 is 2.52 bits per heavy atom. The van der Waals surface area contributed by atoms with Gasteiger partial charge in [0.05, 0.1) is 18.8 Å². The third kappa shape index (κ3) is 8.57. The Labute approximate surface area is 236 Å². The highest BCUT2D eigenvalue weighted by molar-refractivity contribution is 7.99. The number of tetrazole rings is 1. The lowest BCUT2D eigenvalue weighted by Crippen LogP contribution is -2.31. The van der Waals surface area contributed by atoms with E-state index in [1.807, 2.05) is 48.5 Å². The minimum Gasteiger partial charge on any atom is -0.392 e. The van der Waals surface area contributed by atoms with E-state index in [2.05, 4.69) is 20.8 Å². The number of hydroxylamine groups is 1. The molecule has 4 rings (SSSR count). The standard InChI is InChI=1S/C27H34N6O6S/c1-33-27(29-31-32-33)40-17-22-15-23(19-12-10-18(16-34)11-13-19)39-26(38-22)20-6-5-7-21(14-20)28-24(35)8-3-2-4-9-25(36)30-37/h5-7,10-14,22-23,26,34,37H,2-4,8-9,15-17H2,1H3,(H,28,35)(H,30,36)/t22-,23+,26+/m0/s1. The maximum absolute atomic E-state index is 12.5. The molecular weight excluding hydrogens is 536 g/mol. The number of thioether (sulfide) groups is 1. The lowest BCUT2D eigenvalue weighted by molar-refractivity contribution is -0.245. The summed E-state index contributed by atoms with van der Waals surface area (Å²) < 4.78 is 14.4. The lowest BCUT2D eigenvalue weighted by atomic mass is 10.0. The van der Waals surface area contributed by atoms with E-state index in [0.717, 1.165) is 16.7 Å². The number of nitrogens with one attached hydrogen (secondary N) is 2. The number of anilines is 1. The van der Waals surface area contributed by atoms with Crippen LogP contribution in [0.1, 0.15) is 67.6 Å². The SMILES string of the molecule is Cn1nnnc1SC[C@@H]1C[C@H](c2ccc(CO)cc2)O[C@H](c2cccc(NC(=O)CCCCCC(=O)NO)c2)O1. The van der Waals surface area contributed by atoms with Gasteiger partial charge in [0.25, 0.3) is 0 Å². The topological polar surface area (TPSA) is 161 Å². The molecule has 13 heteroatoms. The van der Waals surface area contributed by atoms with Crippen LogP contribution in [0.5, 0.6) is 0 Å². The first-order chi connectivity index (χ1) is 19.4. The van der Waals surface area contributed by atoms with Crippen molar-refractivity contribution in [1.29, 1.82) is 0 Å². The number of aromatic nitrogens is 4. The Hall–Kier alpha value is -3.36. The zero-order valence-corrected chi connectivity index (χ0v) is 23.0. The Balaban J connectivity index is 1.40. The predicted molar refractivity (Wildman–Crippen MR) is 146 cm³/mol. The summed E-state index contributed by atoms with van der Waals surface area (Å²) in [6, 6.07) is 15.1. The van der Waals surface area contributed by atoms with Crippen LogP contribution in [0.15, 0.2) is 53.7 Å². The van der Waals surface area contributed by atoms with Crippen molar-refractivity contribution in [1.82, 2.24) is 25.7 Å². The molecule has 0 spiro atoms. The van der Waals surface area contributed by atoms with Gasteiger partial charge in [0.2, 0.25) is 17.0 Å². The Morgan fingerprint density at radius 1 is 1.05 bits per heavy atom. The van der Waals surface area contributed by atoms with Crippen LogP contribution in [-0.2, 0) is 32.7 Å². The van der Waals surface area contributed by atoms with E-state index < -0.39 is 12.2 Å². The fourth-order valence-electron chi connectivity index (χ4n) is 4.32. The van der Waals surface area contributed by atoms with E-state index in [1.54, 1.807) is 17.2 Å². The number of hydrogen-bond donors (Lipinski definition) is 4. The van der Waals surface area contributed by atoms with Crippen molar-refractivity contribution in [3.05, 3.63) is 65.2 Å². The molecule has 1 aliphatic heterocycles. The summed E-state index contributed by atoms with van der Waals surface area (Å²) in [6.45, 7) is -0.0259. The van der Waals surface area contributed by atoms with Gasteiger partial charge in [0.15, 0.2) is 6.29 Å². The fourth-order valence-corrected chi connectivity index (χ4v) is 5.19. The predicted octanol–water partition coefficient (Wildman–Crippen LogP) is 3.43. The van der Waals surface area contributed by atoms with Crippen molar-refractivity contribution >= 4 is 29.3 Å². The van der Waals surface area contributed by atoms with Gasteiger partial charge >= 0.3 is 0 Å². The Bertz CT molecular complexity index is 1260. The average molecular weight is 571 g/mol. The molecule has 1 aliphatic rings. The first kappa shape index (κ1) is 29.6. The Kier molecular flexibility index (Phi) is 11.0. The average Bonchev–Trinajstić information content (AvgIpc) is 3.40. The second-order valence-electron chi connectivity index (χ2n) is 9.52. The van der Waals surface area contributed by atoms with Gasteiger partial charge in [-0.3, -0.25) is 14.8 Å². The number of amides is 2. The molecule has 4 N–H and O–H groups in total. The van der Waals surface area contributed by atoms with E-state index in [0.29, 0.717) is 48.7 Å². The molecule has 1 aromatic heterocycles. The maximum Gasteiger partial charge on any atom is 0.243 e. The van der Waals surface area contributed by atoms with E-state index in [-0.39, 0.29) is 31.1 Å². The molecule has 2 heterocycles. The van der Waals surface area contributed by atoms with Crippen molar-refractivity contribution in [3.63, 3.8) is 0 Å². The van der Waals surface area contributed by atoms with Gasteiger partial charge in [-0.05, 0) is 46.5 Å². The highest BCUT2D eigenvalue weighted by Crippen LogP contribution is 2.39. The van der Waals surface area contributed by atoms with Gasteiger partial charge in [0.1, 0.15) is 0 Å². The zero-order chi connectivity index (χ0) is 28.3. The van der Waals surface area contributed by atoms with Crippen molar-refractivity contribution in [2.24, 2.45) is 7.05 Å². The number of ether oxygens (including phenoxy) is 2. The van der Waals surface area contributed by atoms with Crippen LogP contribution in [0, 0.1) is 0 Å². The summed E-state index contributed by atoms with van der Waals surface area (Å²) in [5, 5.41) is 33.2. The highest BCUT2D eigenvalue weighted by Gasteiger charge is 2.32. The van der Waals surface area contributed by atoms with Crippen molar-refractivity contribution in [2.75, 3.05) is 11.1 Å². The largest absolute Gasteiger partial charge is 0.392 e. The van der Waals surface area contributed by atoms with Gasteiger partial charge in [-0.25, -0.2) is 10.2 Å². The molecule has 40 heavy (non-hydrogen) atoms. The van der Waals surface area contributed by atoms with E-state index in [4.69, 9.17) is 14.7 Å². The number of aliphatic hydroxyl groups excluding tert-OH is 1. The molecular formula is C27H34N6O6S. The van der Waals surface area contributed by atoms with Crippen LogP contribution in [-0.4, -0.2) is 54.2 Å². The van der Waals surface area contributed by atoms with E-state index >= 15 is 0 Å². The summed E-state index contributed by atoms with van der Waals surface area (Å²) in [5.74, 6) is 0.0716. The Morgan fingerprint density at radius 2 is 1.82 bits per heavy atom. The van der Waals surface area contributed by atoms with Crippen molar-refractivity contribution in [2.45, 2.75) is 68.8 Å². The van der Waals surface area contributed by atoms with Gasteiger partial charge in [-0.1, -0.05) is 54.6 Å². The first-order valence-corrected chi connectivity index (χ1v) is 14.1. The van der Waals surface area contributed by atoms with Gasteiger partial charge < -0.3 is 19.9 Å². The minimum atomic E-state index is -0.658. The number of carbonyl (C=O) groups excluding carboxylic acids is 2. The highest BCUT2D eigenvalue weighted by atomic mass is 32.2. The number of unbranched alkanes of at least 4 members (excludes halogenated alkanes) is 2. The van der Waals surface area contributed by atoms with Crippen LogP contribution >= 0.6 is 11.8 Å². The molecule has 0 bridgehead atoms. The molecule has 2 aromatic carbocycles. The summed E-state index contributed by atoms with van der Waals surface area (Å²) in [5.41, 5.74) is 4.84. The number of carbonyl (C=O) groups is 2. The normalized spacial score (nSPS) is 18.8. The summed E-state index contributed by atoms with van der Waals surface area (Å²) in [4.78, 5) is 23.6. The minimum absolute atomic E-state index is 0.0259. The second kappa shape index (κ2) is 14.9. The molecule has 1 saturated heterocycles. The molecule has 0 aliphatic carbocycles. The van der Waals surface area contributed by atoms with Crippen LogP contribution in [0.4, 0.5) is 5.69 Å². The van der Waals surface area contributed by atoms with Crippen molar-refractivity contribution in [3.8, 4) is 0 Å². The summed E-state index contributed by atoms with van der Waals surface area (Å²) >= 11 is 1.51. The number of rotatable bonds is 13. The zero-order valence-electron chi connectivity index (χ0n) is 22.2. The third-order valence-corrected chi connectivity index (χ3v) is 7.61. The van der Waals surface area contributed by atoms with Crippen LogP contribution in [0.25, 0.3) is 0 Å². The number of benzene rings is 2. The van der Waals surface area contributed by atoms with E-state index in [9.17, 15) is 14.7 Å². The molecule has 3 aromatic rings. The van der Waals surface area contributed by atoms with E-state index in [1.165, 1.54) is 11.8 Å².